The van der Waals surface area contributed by atoms with Gasteiger partial charge >= 0.3 is 0 Å². The fourth-order valence-corrected chi connectivity index (χ4v) is 2.64. The molecule has 0 fully saturated rings. The number of nitrogens with one attached hydrogen (secondary N) is 2. The Bertz CT molecular complexity index is 884. The van der Waals surface area contributed by atoms with Gasteiger partial charge in [0.2, 0.25) is 15.9 Å². The Labute approximate surface area is 143 Å². The van der Waals surface area contributed by atoms with E-state index in [4.69, 9.17) is 16.7 Å². The Morgan fingerprint density at radius 1 is 1.08 bits per heavy atom. The van der Waals surface area contributed by atoms with E-state index < -0.39 is 21.8 Å². The first-order chi connectivity index (χ1) is 11.3. The maximum Gasteiger partial charge on any atom is 0.253 e. The topological polar surface area (TPSA) is 118 Å². The summed E-state index contributed by atoms with van der Waals surface area (Å²) in [4.78, 5) is 23.7. The van der Waals surface area contributed by atoms with Crippen LogP contribution in [-0.2, 0) is 14.8 Å². The SMILES string of the molecule is NS(=O)(=O)c1cccc(NC(=O)CNC(=O)c2ccccc2Cl)c1. The molecule has 0 saturated heterocycles. The highest BCUT2D eigenvalue weighted by atomic mass is 35.5. The van der Waals surface area contributed by atoms with Gasteiger partial charge in [0.05, 0.1) is 22.0 Å². The highest BCUT2D eigenvalue weighted by molar-refractivity contribution is 7.89. The normalized spacial score (nSPS) is 10.9. The van der Waals surface area contributed by atoms with Crippen molar-refractivity contribution in [3.05, 3.63) is 59.1 Å². The number of amides is 2. The number of rotatable bonds is 5. The number of primary sulfonamides is 1. The quantitative estimate of drug-likeness (QED) is 0.739. The first-order valence-corrected chi connectivity index (χ1v) is 8.65. The summed E-state index contributed by atoms with van der Waals surface area (Å²) in [5.41, 5.74) is 0.502. The Hall–Kier alpha value is -2.42. The van der Waals surface area contributed by atoms with Crippen molar-refractivity contribution >= 4 is 39.1 Å². The van der Waals surface area contributed by atoms with Gasteiger partial charge in [-0.3, -0.25) is 9.59 Å². The Morgan fingerprint density at radius 3 is 2.46 bits per heavy atom. The summed E-state index contributed by atoms with van der Waals surface area (Å²) in [7, 11) is -3.86. The monoisotopic (exact) mass is 367 g/mol. The molecule has 7 nitrogen and oxygen atoms in total. The van der Waals surface area contributed by atoms with Crippen LogP contribution in [0.25, 0.3) is 0 Å². The molecule has 9 heteroatoms. The zero-order valence-corrected chi connectivity index (χ0v) is 13.9. The number of anilines is 1. The molecular weight excluding hydrogens is 354 g/mol. The van der Waals surface area contributed by atoms with Gasteiger partial charge < -0.3 is 10.6 Å². The predicted molar refractivity (Wildman–Crippen MR) is 90.2 cm³/mol. The molecule has 126 valence electrons. The van der Waals surface area contributed by atoms with Crippen LogP contribution in [0.15, 0.2) is 53.4 Å². The van der Waals surface area contributed by atoms with E-state index in [0.717, 1.165) is 0 Å². The molecule has 0 unspecified atom stereocenters. The van der Waals surface area contributed by atoms with Gasteiger partial charge in [0.15, 0.2) is 0 Å². The van der Waals surface area contributed by atoms with Gasteiger partial charge in [-0.15, -0.1) is 0 Å². The average molecular weight is 368 g/mol. The standard InChI is InChI=1S/C15H14ClN3O4S/c16-13-7-2-1-6-12(13)15(21)18-9-14(20)19-10-4-3-5-11(8-10)24(17,22)23/h1-8H,9H2,(H,18,21)(H,19,20)(H2,17,22,23). The van der Waals surface area contributed by atoms with Crippen LogP contribution in [-0.4, -0.2) is 26.8 Å². The fraction of sp³-hybridized carbons (Fsp3) is 0.0667. The number of carbonyl (C=O) groups excluding carboxylic acids is 2. The van der Waals surface area contributed by atoms with E-state index in [1.54, 1.807) is 18.2 Å². The zero-order chi connectivity index (χ0) is 17.7. The molecule has 2 aromatic rings. The largest absolute Gasteiger partial charge is 0.343 e. The summed E-state index contributed by atoms with van der Waals surface area (Å²) in [5.74, 6) is -1.02. The second kappa shape index (κ2) is 7.43. The van der Waals surface area contributed by atoms with Gasteiger partial charge in [-0.1, -0.05) is 29.8 Å². The van der Waals surface area contributed by atoms with Crippen LogP contribution < -0.4 is 15.8 Å². The molecule has 0 aliphatic heterocycles. The highest BCUT2D eigenvalue weighted by Crippen LogP contribution is 2.15. The summed E-state index contributed by atoms with van der Waals surface area (Å²) >= 11 is 5.89. The fourth-order valence-electron chi connectivity index (χ4n) is 1.86. The molecule has 4 N–H and O–H groups in total. The van der Waals surface area contributed by atoms with Crippen molar-refractivity contribution in [3.8, 4) is 0 Å². The van der Waals surface area contributed by atoms with Crippen LogP contribution in [0, 0.1) is 0 Å². The van der Waals surface area contributed by atoms with E-state index in [2.05, 4.69) is 10.6 Å². The van der Waals surface area contributed by atoms with Gasteiger partial charge in [0, 0.05) is 5.69 Å². The minimum atomic E-state index is -3.86. The lowest BCUT2D eigenvalue weighted by Crippen LogP contribution is -2.33. The van der Waals surface area contributed by atoms with Crippen LogP contribution in [0.4, 0.5) is 5.69 Å². The van der Waals surface area contributed by atoms with E-state index in [1.165, 1.54) is 30.3 Å². The maximum absolute atomic E-state index is 11.9. The molecule has 0 heterocycles. The predicted octanol–water partition coefficient (Wildman–Crippen LogP) is 1.36. The van der Waals surface area contributed by atoms with Gasteiger partial charge in [-0.05, 0) is 30.3 Å². The number of sulfonamides is 1. The molecular formula is C15H14ClN3O4S. The zero-order valence-electron chi connectivity index (χ0n) is 12.3. The molecule has 2 rings (SSSR count). The molecule has 0 aliphatic rings. The molecule has 0 atom stereocenters. The van der Waals surface area contributed by atoms with Crippen molar-refractivity contribution in [1.82, 2.24) is 5.32 Å². The van der Waals surface area contributed by atoms with E-state index >= 15 is 0 Å². The number of nitrogens with two attached hydrogens (primary N) is 1. The molecule has 24 heavy (non-hydrogen) atoms. The van der Waals surface area contributed by atoms with Gasteiger partial charge in [-0.25, -0.2) is 13.6 Å². The third-order valence-electron chi connectivity index (χ3n) is 2.97. The average Bonchev–Trinajstić information content (AvgIpc) is 2.52. The summed E-state index contributed by atoms with van der Waals surface area (Å²) in [5, 5.41) is 10.2. The smallest absolute Gasteiger partial charge is 0.253 e. The second-order valence-electron chi connectivity index (χ2n) is 4.78. The first-order valence-electron chi connectivity index (χ1n) is 6.73. The number of carbonyl (C=O) groups is 2. The minimum Gasteiger partial charge on any atom is -0.343 e. The van der Waals surface area contributed by atoms with Crippen LogP contribution in [0.3, 0.4) is 0 Å². The van der Waals surface area contributed by atoms with Gasteiger partial charge in [-0.2, -0.15) is 0 Å². The van der Waals surface area contributed by atoms with E-state index in [-0.39, 0.29) is 27.7 Å². The van der Waals surface area contributed by atoms with Gasteiger partial charge in [0.25, 0.3) is 5.91 Å². The van der Waals surface area contributed by atoms with E-state index in [0.29, 0.717) is 0 Å². The number of hydrogen-bond acceptors (Lipinski definition) is 4. The van der Waals surface area contributed by atoms with Crippen molar-refractivity contribution in [3.63, 3.8) is 0 Å². The Morgan fingerprint density at radius 2 is 1.79 bits per heavy atom. The number of benzene rings is 2. The van der Waals surface area contributed by atoms with Crippen molar-refractivity contribution in [2.45, 2.75) is 4.90 Å². The van der Waals surface area contributed by atoms with Crippen LogP contribution in [0.2, 0.25) is 5.02 Å². The minimum absolute atomic E-state index is 0.125. The van der Waals surface area contributed by atoms with E-state index in [9.17, 15) is 18.0 Å². The molecule has 2 amide bonds. The third kappa shape index (κ3) is 4.79. The summed E-state index contributed by atoms with van der Waals surface area (Å²) in [6.45, 7) is -0.302. The van der Waals surface area contributed by atoms with Crippen LogP contribution in [0.5, 0.6) is 0 Å². The van der Waals surface area contributed by atoms with E-state index in [1.807, 2.05) is 0 Å². The summed E-state index contributed by atoms with van der Waals surface area (Å²) in [6, 6.07) is 11.9. The highest BCUT2D eigenvalue weighted by Gasteiger charge is 2.12. The number of hydrogen-bond donors (Lipinski definition) is 3. The van der Waals surface area contributed by atoms with Crippen LogP contribution in [0.1, 0.15) is 10.4 Å². The van der Waals surface area contributed by atoms with Crippen molar-refractivity contribution < 1.29 is 18.0 Å². The lowest BCUT2D eigenvalue weighted by Gasteiger charge is -2.08. The lowest BCUT2D eigenvalue weighted by molar-refractivity contribution is -0.115. The summed E-state index contributed by atoms with van der Waals surface area (Å²) in [6.07, 6.45) is 0. The van der Waals surface area contributed by atoms with Crippen molar-refractivity contribution in [2.24, 2.45) is 5.14 Å². The molecule has 0 spiro atoms. The summed E-state index contributed by atoms with van der Waals surface area (Å²) < 4.78 is 22.5. The third-order valence-corrected chi connectivity index (χ3v) is 4.21. The molecule has 0 radical (unpaired) electrons. The Balaban J connectivity index is 1.97. The second-order valence-corrected chi connectivity index (χ2v) is 6.75. The number of halogens is 1. The molecule has 0 saturated carbocycles. The van der Waals surface area contributed by atoms with Crippen molar-refractivity contribution in [1.29, 1.82) is 0 Å². The van der Waals surface area contributed by atoms with Crippen LogP contribution >= 0.6 is 11.6 Å². The Kier molecular flexibility index (Phi) is 5.55. The molecule has 0 aromatic heterocycles. The van der Waals surface area contributed by atoms with Crippen molar-refractivity contribution in [2.75, 3.05) is 11.9 Å². The van der Waals surface area contributed by atoms with Gasteiger partial charge in [0.1, 0.15) is 0 Å². The maximum atomic E-state index is 11.9. The molecule has 0 aliphatic carbocycles. The molecule has 2 aromatic carbocycles. The lowest BCUT2D eigenvalue weighted by atomic mass is 10.2. The first kappa shape index (κ1) is 17.9. The molecule has 0 bridgehead atoms.